The van der Waals surface area contributed by atoms with Crippen LogP contribution in [-0.4, -0.2) is 43.8 Å². The average Bonchev–Trinajstić information content (AvgIpc) is 2.73. The number of halogens is 1. The fraction of sp³-hybridized carbons (Fsp3) is 0.458. The fourth-order valence-corrected chi connectivity index (χ4v) is 4.21. The molecule has 2 aromatic carbocycles. The number of benzene rings is 2. The third-order valence-corrected chi connectivity index (χ3v) is 5.58. The van der Waals surface area contributed by atoms with Gasteiger partial charge in [0.25, 0.3) is 0 Å². The molecule has 0 fully saturated rings. The van der Waals surface area contributed by atoms with Crippen molar-refractivity contribution in [1.82, 2.24) is 15.5 Å². The highest BCUT2D eigenvalue weighted by Crippen LogP contribution is 2.40. The van der Waals surface area contributed by atoms with Crippen LogP contribution in [0.15, 0.2) is 36.4 Å². The first-order chi connectivity index (χ1) is 14.8. The molecule has 0 aromatic heterocycles. The Bertz CT molecular complexity index is 902. The van der Waals surface area contributed by atoms with E-state index < -0.39 is 0 Å². The Morgan fingerprint density at radius 2 is 1.74 bits per heavy atom. The molecule has 1 heterocycles. The SMILES string of the molecule is COc1cc2c(cc1OC)[C@@H]([C@H](C)NC(=O)NC(C)C)N(Cc1ccc(F)cc1)CC2. The molecule has 168 valence electrons. The van der Waals surface area contributed by atoms with Gasteiger partial charge in [0.15, 0.2) is 11.5 Å². The molecule has 31 heavy (non-hydrogen) atoms. The summed E-state index contributed by atoms with van der Waals surface area (Å²) >= 11 is 0. The lowest BCUT2D eigenvalue weighted by Crippen LogP contribution is -2.50. The molecular weight excluding hydrogens is 397 g/mol. The van der Waals surface area contributed by atoms with Crippen LogP contribution in [0.2, 0.25) is 0 Å². The van der Waals surface area contributed by atoms with Crippen LogP contribution < -0.4 is 20.1 Å². The lowest BCUT2D eigenvalue weighted by atomic mass is 9.87. The van der Waals surface area contributed by atoms with Crippen molar-refractivity contribution in [1.29, 1.82) is 0 Å². The van der Waals surface area contributed by atoms with Crippen LogP contribution in [0.3, 0.4) is 0 Å². The normalized spacial score (nSPS) is 17.1. The molecule has 0 bridgehead atoms. The minimum Gasteiger partial charge on any atom is -0.493 e. The monoisotopic (exact) mass is 429 g/mol. The van der Waals surface area contributed by atoms with Gasteiger partial charge in [-0.25, -0.2) is 9.18 Å². The van der Waals surface area contributed by atoms with Gasteiger partial charge in [0.2, 0.25) is 0 Å². The summed E-state index contributed by atoms with van der Waals surface area (Å²) in [5, 5.41) is 5.98. The molecule has 0 radical (unpaired) electrons. The summed E-state index contributed by atoms with van der Waals surface area (Å²) in [5.41, 5.74) is 3.30. The molecule has 0 spiro atoms. The van der Waals surface area contributed by atoms with Crippen LogP contribution >= 0.6 is 0 Å². The van der Waals surface area contributed by atoms with E-state index >= 15 is 0 Å². The number of hydrogen-bond donors (Lipinski definition) is 2. The van der Waals surface area contributed by atoms with Crippen LogP contribution in [0.1, 0.15) is 43.5 Å². The Kier molecular flexibility index (Phi) is 7.38. The number of rotatable bonds is 7. The van der Waals surface area contributed by atoms with E-state index in [9.17, 15) is 9.18 Å². The van der Waals surface area contributed by atoms with E-state index in [1.807, 2.05) is 32.9 Å². The molecule has 2 N–H and O–H groups in total. The van der Waals surface area contributed by atoms with Crippen molar-refractivity contribution in [3.05, 3.63) is 58.9 Å². The van der Waals surface area contributed by atoms with Crippen molar-refractivity contribution in [2.75, 3.05) is 20.8 Å². The smallest absolute Gasteiger partial charge is 0.315 e. The Balaban J connectivity index is 1.95. The summed E-state index contributed by atoms with van der Waals surface area (Å²) in [6.07, 6.45) is 0.846. The molecule has 0 saturated carbocycles. The van der Waals surface area contributed by atoms with Gasteiger partial charge in [0.1, 0.15) is 5.82 Å². The number of carbonyl (C=O) groups is 1. The van der Waals surface area contributed by atoms with Gasteiger partial charge >= 0.3 is 6.03 Å². The van der Waals surface area contributed by atoms with Crippen molar-refractivity contribution < 1.29 is 18.7 Å². The second-order valence-electron chi connectivity index (χ2n) is 8.26. The van der Waals surface area contributed by atoms with Gasteiger partial charge in [-0.1, -0.05) is 12.1 Å². The number of amides is 2. The molecule has 7 heteroatoms. The summed E-state index contributed by atoms with van der Waals surface area (Å²) in [5.74, 6) is 1.11. The van der Waals surface area contributed by atoms with Crippen molar-refractivity contribution in [3.8, 4) is 11.5 Å². The first-order valence-electron chi connectivity index (χ1n) is 10.6. The molecule has 2 aromatic rings. The molecule has 6 nitrogen and oxygen atoms in total. The standard InChI is InChI=1S/C24H32FN3O3/c1-15(2)26-24(29)27-16(3)23-20-13-22(31-5)21(30-4)12-18(20)10-11-28(23)14-17-6-8-19(25)9-7-17/h6-9,12-13,15-16,23H,10-11,14H2,1-5H3,(H2,26,27,29)/t16-,23+/m0/s1. The molecule has 1 aliphatic rings. The van der Waals surface area contributed by atoms with E-state index in [4.69, 9.17) is 9.47 Å². The van der Waals surface area contributed by atoms with Crippen molar-refractivity contribution in [2.24, 2.45) is 0 Å². The van der Waals surface area contributed by atoms with Gasteiger partial charge in [0.05, 0.1) is 20.3 Å². The highest BCUT2D eigenvalue weighted by molar-refractivity contribution is 5.74. The molecule has 0 unspecified atom stereocenters. The van der Waals surface area contributed by atoms with E-state index in [0.717, 1.165) is 24.1 Å². The minimum atomic E-state index is -0.249. The summed E-state index contributed by atoms with van der Waals surface area (Å²) < 4.78 is 24.4. The quantitative estimate of drug-likeness (QED) is 0.697. The number of nitrogens with zero attached hydrogens (tertiary/aromatic N) is 1. The number of nitrogens with one attached hydrogen (secondary N) is 2. The van der Waals surface area contributed by atoms with E-state index in [1.165, 1.54) is 17.7 Å². The Morgan fingerprint density at radius 3 is 2.35 bits per heavy atom. The lowest BCUT2D eigenvalue weighted by molar-refractivity contribution is 0.143. The maximum Gasteiger partial charge on any atom is 0.315 e. The minimum absolute atomic E-state index is 0.0468. The van der Waals surface area contributed by atoms with E-state index in [0.29, 0.717) is 18.0 Å². The van der Waals surface area contributed by atoms with Crippen LogP contribution in [0.5, 0.6) is 11.5 Å². The molecule has 0 saturated heterocycles. The molecule has 2 atom stereocenters. The zero-order chi connectivity index (χ0) is 22.5. The molecule has 3 rings (SSSR count). The topological polar surface area (TPSA) is 62.8 Å². The predicted octanol–water partition coefficient (Wildman–Crippen LogP) is 4.04. The van der Waals surface area contributed by atoms with Crippen LogP contribution in [0.4, 0.5) is 9.18 Å². The third-order valence-electron chi connectivity index (χ3n) is 5.58. The first-order valence-corrected chi connectivity index (χ1v) is 10.6. The van der Waals surface area contributed by atoms with Crippen molar-refractivity contribution in [3.63, 3.8) is 0 Å². The third kappa shape index (κ3) is 5.47. The Labute approximate surface area is 183 Å². The zero-order valence-corrected chi connectivity index (χ0v) is 18.9. The van der Waals surface area contributed by atoms with Gasteiger partial charge in [-0.3, -0.25) is 4.90 Å². The largest absolute Gasteiger partial charge is 0.493 e. The fourth-order valence-electron chi connectivity index (χ4n) is 4.21. The number of fused-ring (bicyclic) bond motifs is 1. The first kappa shape index (κ1) is 22.9. The van der Waals surface area contributed by atoms with Crippen LogP contribution in [0, 0.1) is 5.82 Å². The number of urea groups is 1. The molecule has 0 aliphatic carbocycles. The Morgan fingerprint density at radius 1 is 1.10 bits per heavy atom. The van der Waals surface area contributed by atoms with E-state index in [-0.39, 0.29) is 30.0 Å². The van der Waals surface area contributed by atoms with Crippen LogP contribution in [0.25, 0.3) is 0 Å². The number of hydrogen-bond acceptors (Lipinski definition) is 4. The van der Waals surface area contributed by atoms with Gasteiger partial charge in [-0.2, -0.15) is 0 Å². The zero-order valence-electron chi connectivity index (χ0n) is 18.9. The molecule has 2 amide bonds. The second-order valence-corrected chi connectivity index (χ2v) is 8.26. The number of ether oxygens (including phenoxy) is 2. The summed E-state index contributed by atoms with van der Waals surface area (Å²) in [7, 11) is 3.25. The maximum absolute atomic E-state index is 13.4. The van der Waals surface area contributed by atoms with Gasteiger partial charge in [-0.15, -0.1) is 0 Å². The van der Waals surface area contributed by atoms with E-state index in [1.54, 1.807) is 26.4 Å². The van der Waals surface area contributed by atoms with Crippen LogP contribution in [-0.2, 0) is 13.0 Å². The lowest BCUT2D eigenvalue weighted by Gasteiger charge is -2.41. The van der Waals surface area contributed by atoms with Gasteiger partial charge in [0, 0.05) is 25.2 Å². The summed E-state index contributed by atoms with van der Waals surface area (Å²) in [6, 6.07) is 10.2. The van der Waals surface area contributed by atoms with Gasteiger partial charge < -0.3 is 20.1 Å². The highest BCUT2D eigenvalue weighted by atomic mass is 19.1. The van der Waals surface area contributed by atoms with E-state index in [2.05, 4.69) is 15.5 Å². The second kappa shape index (κ2) is 10.0. The number of methoxy groups -OCH3 is 2. The highest BCUT2D eigenvalue weighted by Gasteiger charge is 2.33. The molecular formula is C24H32FN3O3. The average molecular weight is 430 g/mol. The van der Waals surface area contributed by atoms with Crippen molar-refractivity contribution in [2.45, 2.75) is 51.9 Å². The summed E-state index contributed by atoms with van der Waals surface area (Å²) in [4.78, 5) is 14.7. The molecule has 1 aliphatic heterocycles. The van der Waals surface area contributed by atoms with Gasteiger partial charge in [-0.05, 0) is 68.1 Å². The predicted molar refractivity (Wildman–Crippen MR) is 119 cm³/mol. The Hall–Kier alpha value is -2.80. The summed E-state index contributed by atoms with van der Waals surface area (Å²) in [6.45, 7) is 7.32. The van der Waals surface area contributed by atoms with Crippen molar-refractivity contribution >= 4 is 6.03 Å². The number of carbonyl (C=O) groups excluding carboxylic acids is 1. The maximum atomic E-state index is 13.4.